The molecule has 1 amide bonds. The van der Waals surface area contributed by atoms with Gasteiger partial charge in [-0.2, -0.15) is 13.2 Å². The van der Waals surface area contributed by atoms with Gasteiger partial charge in [0.15, 0.2) is 6.04 Å². The standard InChI is InChI=1S/C13H11F3N2O3/c14-13(15,16)9-3-1-2-8(6-9)4-5-11-17-10(7-21-11)12(19)18-20/h1-6,10,20H,7H2,(H,18,19)/b5-4+/t10-/m1/s1. The van der Waals surface area contributed by atoms with E-state index in [1.54, 1.807) is 0 Å². The Morgan fingerprint density at radius 1 is 1.43 bits per heavy atom. The second-order valence-corrected chi connectivity index (χ2v) is 4.23. The molecule has 1 atom stereocenters. The highest BCUT2D eigenvalue weighted by Crippen LogP contribution is 2.29. The van der Waals surface area contributed by atoms with Crippen LogP contribution >= 0.6 is 0 Å². The molecule has 0 radical (unpaired) electrons. The van der Waals surface area contributed by atoms with E-state index in [9.17, 15) is 18.0 Å². The highest BCUT2D eigenvalue weighted by atomic mass is 19.4. The number of carbonyl (C=O) groups excluding carboxylic acids is 1. The number of hydrogen-bond donors (Lipinski definition) is 2. The number of ether oxygens (including phenoxy) is 1. The average Bonchev–Trinajstić information content (AvgIpc) is 2.92. The minimum absolute atomic E-state index is 0.0331. The van der Waals surface area contributed by atoms with Crippen molar-refractivity contribution in [3.8, 4) is 0 Å². The van der Waals surface area contributed by atoms with Crippen LogP contribution in [0.25, 0.3) is 6.08 Å². The predicted octanol–water partition coefficient (Wildman–Crippen LogP) is 2.02. The average molecular weight is 300 g/mol. The van der Waals surface area contributed by atoms with Crippen LogP contribution in [-0.2, 0) is 15.7 Å². The number of halogens is 3. The maximum Gasteiger partial charge on any atom is 0.416 e. The van der Waals surface area contributed by atoms with Crippen LogP contribution in [0.4, 0.5) is 13.2 Å². The summed E-state index contributed by atoms with van der Waals surface area (Å²) in [5.41, 5.74) is 1.02. The Hall–Kier alpha value is -2.35. The van der Waals surface area contributed by atoms with Gasteiger partial charge in [0.25, 0.3) is 5.91 Å². The summed E-state index contributed by atoms with van der Waals surface area (Å²) in [5, 5.41) is 8.45. The van der Waals surface area contributed by atoms with Crippen LogP contribution < -0.4 is 5.48 Å². The second kappa shape index (κ2) is 5.96. The summed E-state index contributed by atoms with van der Waals surface area (Å²) in [5.74, 6) is -0.599. The molecule has 1 aliphatic heterocycles. The fourth-order valence-electron chi connectivity index (χ4n) is 1.68. The lowest BCUT2D eigenvalue weighted by atomic mass is 10.1. The van der Waals surface area contributed by atoms with E-state index < -0.39 is 23.7 Å². The summed E-state index contributed by atoms with van der Waals surface area (Å²) >= 11 is 0. The smallest absolute Gasteiger partial charge is 0.416 e. The van der Waals surface area contributed by atoms with Crippen LogP contribution in [0.2, 0.25) is 0 Å². The molecule has 2 rings (SSSR count). The van der Waals surface area contributed by atoms with Crippen LogP contribution in [0, 0.1) is 0 Å². The normalized spacial score (nSPS) is 18.5. The first-order valence-corrected chi connectivity index (χ1v) is 5.90. The molecule has 2 N–H and O–H groups in total. The van der Waals surface area contributed by atoms with Gasteiger partial charge in [0.05, 0.1) is 5.56 Å². The Morgan fingerprint density at radius 2 is 2.19 bits per heavy atom. The van der Waals surface area contributed by atoms with Crippen molar-refractivity contribution in [2.45, 2.75) is 12.2 Å². The molecule has 112 valence electrons. The van der Waals surface area contributed by atoms with Crippen LogP contribution in [0.3, 0.4) is 0 Å². The topological polar surface area (TPSA) is 70.9 Å². The Bertz CT molecular complexity index is 597. The molecule has 1 aliphatic rings. The van der Waals surface area contributed by atoms with Crippen LogP contribution in [0.15, 0.2) is 35.3 Å². The Balaban J connectivity index is 2.10. The number of nitrogens with zero attached hydrogens (tertiary/aromatic N) is 1. The van der Waals surface area contributed by atoms with Crippen molar-refractivity contribution in [3.63, 3.8) is 0 Å². The lowest BCUT2D eigenvalue weighted by molar-refractivity contribution is -0.137. The molecule has 21 heavy (non-hydrogen) atoms. The zero-order valence-corrected chi connectivity index (χ0v) is 10.6. The van der Waals surface area contributed by atoms with Crippen LogP contribution in [-0.4, -0.2) is 29.7 Å². The van der Waals surface area contributed by atoms with E-state index in [1.165, 1.54) is 29.8 Å². The van der Waals surface area contributed by atoms with Crippen molar-refractivity contribution >= 4 is 17.9 Å². The van der Waals surface area contributed by atoms with Gasteiger partial charge in [0, 0.05) is 6.08 Å². The Kier molecular flexibility index (Phi) is 4.27. The first-order chi connectivity index (χ1) is 9.90. The lowest BCUT2D eigenvalue weighted by Crippen LogP contribution is -2.31. The van der Waals surface area contributed by atoms with Gasteiger partial charge in [-0.25, -0.2) is 10.5 Å². The number of amides is 1. The van der Waals surface area contributed by atoms with E-state index in [2.05, 4.69) is 4.99 Å². The number of nitrogens with one attached hydrogen (secondary N) is 1. The number of hydrogen-bond acceptors (Lipinski definition) is 4. The molecule has 5 nitrogen and oxygen atoms in total. The van der Waals surface area contributed by atoms with Gasteiger partial charge in [-0.15, -0.1) is 0 Å². The minimum Gasteiger partial charge on any atom is -0.475 e. The number of aliphatic imine (C=N–C) groups is 1. The fourth-order valence-corrected chi connectivity index (χ4v) is 1.68. The molecule has 0 aromatic heterocycles. The molecule has 1 aromatic rings. The largest absolute Gasteiger partial charge is 0.475 e. The van der Waals surface area contributed by atoms with Crippen molar-refractivity contribution in [2.75, 3.05) is 6.61 Å². The first-order valence-electron chi connectivity index (χ1n) is 5.90. The number of rotatable bonds is 3. The van der Waals surface area contributed by atoms with E-state index in [0.717, 1.165) is 12.1 Å². The maximum absolute atomic E-state index is 12.5. The molecule has 0 saturated carbocycles. The molecule has 0 bridgehead atoms. The second-order valence-electron chi connectivity index (χ2n) is 4.23. The molecule has 0 aliphatic carbocycles. The number of hydroxylamine groups is 1. The summed E-state index contributed by atoms with van der Waals surface area (Å²) in [6.07, 6.45) is -1.65. The fraction of sp³-hybridized carbons (Fsp3) is 0.231. The predicted molar refractivity (Wildman–Crippen MR) is 67.6 cm³/mol. The molecule has 1 aromatic carbocycles. The number of benzene rings is 1. The zero-order chi connectivity index (χ0) is 15.5. The Labute approximate surface area is 117 Å². The van der Waals surface area contributed by atoms with Gasteiger partial charge in [-0.3, -0.25) is 10.0 Å². The highest BCUT2D eigenvalue weighted by Gasteiger charge is 2.30. The number of carbonyl (C=O) groups is 1. The third kappa shape index (κ3) is 3.82. The molecule has 0 saturated heterocycles. The quantitative estimate of drug-likeness (QED) is 0.662. The van der Waals surface area contributed by atoms with Gasteiger partial charge >= 0.3 is 6.18 Å². The van der Waals surface area contributed by atoms with Crippen molar-refractivity contribution in [1.82, 2.24) is 5.48 Å². The molecule has 0 spiro atoms. The molecule has 1 heterocycles. The molecule has 8 heteroatoms. The van der Waals surface area contributed by atoms with Gasteiger partial charge < -0.3 is 4.74 Å². The zero-order valence-electron chi connectivity index (χ0n) is 10.6. The van der Waals surface area contributed by atoms with Gasteiger partial charge in [0.2, 0.25) is 5.90 Å². The number of alkyl halides is 3. The third-order valence-electron chi connectivity index (χ3n) is 2.72. The Morgan fingerprint density at radius 3 is 2.86 bits per heavy atom. The van der Waals surface area contributed by atoms with Crippen molar-refractivity contribution in [1.29, 1.82) is 0 Å². The minimum atomic E-state index is -4.41. The van der Waals surface area contributed by atoms with E-state index >= 15 is 0 Å². The summed E-state index contributed by atoms with van der Waals surface area (Å²) in [6.45, 7) is -0.0331. The van der Waals surface area contributed by atoms with E-state index in [0.29, 0.717) is 5.56 Å². The molecule has 0 unspecified atom stereocenters. The molecule has 0 fully saturated rings. The lowest BCUT2D eigenvalue weighted by Gasteiger charge is -2.06. The summed E-state index contributed by atoms with van der Waals surface area (Å²) < 4.78 is 42.7. The van der Waals surface area contributed by atoms with Crippen LogP contribution in [0.1, 0.15) is 11.1 Å². The summed E-state index contributed by atoms with van der Waals surface area (Å²) in [6, 6.07) is 3.89. The summed E-state index contributed by atoms with van der Waals surface area (Å²) in [4.78, 5) is 15.0. The highest BCUT2D eigenvalue weighted by molar-refractivity contribution is 5.96. The summed E-state index contributed by atoms with van der Waals surface area (Å²) in [7, 11) is 0. The maximum atomic E-state index is 12.5. The van der Waals surface area contributed by atoms with Crippen molar-refractivity contribution in [2.24, 2.45) is 4.99 Å². The molecular weight excluding hydrogens is 289 g/mol. The SMILES string of the molecule is O=C(NO)[C@H]1COC(/C=C/c2cccc(C(F)(F)F)c2)=N1. The van der Waals surface area contributed by atoms with Crippen LogP contribution in [0.5, 0.6) is 0 Å². The van der Waals surface area contributed by atoms with Crippen molar-refractivity contribution in [3.05, 3.63) is 41.5 Å². The molecular formula is C13H11F3N2O3. The van der Waals surface area contributed by atoms with Crippen molar-refractivity contribution < 1.29 is 27.9 Å². The monoisotopic (exact) mass is 300 g/mol. The van der Waals surface area contributed by atoms with Gasteiger partial charge in [-0.05, 0) is 23.8 Å². The van der Waals surface area contributed by atoms with E-state index in [1.807, 2.05) is 0 Å². The van der Waals surface area contributed by atoms with E-state index in [-0.39, 0.29) is 12.5 Å². The van der Waals surface area contributed by atoms with Gasteiger partial charge in [-0.1, -0.05) is 12.1 Å². The first kappa shape index (κ1) is 15.0. The van der Waals surface area contributed by atoms with E-state index in [4.69, 9.17) is 9.94 Å². The third-order valence-corrected chi connectivity index (χ3v) is 2.72. The van der Waals surface area contributed by atoms with Gasteiger partial charge in [0.1, 0.15) is 6.61 Å².